The maximum absolute atomic E-state index is 9.79. The molecule has 0 saturated carbocycles. The van der Waals surface area contributed by atoms with Crippen LogP contribution in [0.5, 0.6) is 0 Å². The molecule has 3 N–H and O–H groups in total. The normalized spacial score (nSPS) is 13.4. The molecule has 0 heterocycles. The van der Waals surface area contributed by atoms with Gasteiger partial charge in [-0.05, 0) is 21.1 Å². The van der Waals surface area contributed by atoms with E-state index in [9.17, 15) is 8.42 Å². The van der Waals surface area contributed by atoms with Crippen LogP contribution in [-0.2, 0) is 14.6 Å². The van der Waals surface area contributed by atoms with Gasteiger partial charge in [0.25, 0.3) is 0 Å². The first-order valence-corrected chi connectivity index (χ1v) is 5.07. The second kappa shape index (κ2) is 8.09. The van der Waals surface area contributed by atoms with Crippen molar-refractivity contribution in [3.63, 3.8) is 0 Å². The van der Waals surface area contributed by atoms with Crippen LogP contribution in [0.4, 0.5) is 0 Å². The first-order chi connectivity index (χ1) is 6.19. The Morgan fingerprint density at radius 1 is 1.36 bits per heavy atom. The van der Waals surface area contributed by atoms with E-state index in [0.717, 1.165) is 0 Å². The van der Waals surface area contributed by atoms with Crippen molar-refractivity contribution in [2.45, 2.75) is 6.10 Å². The van der Waals surface area contributed by atoms with E-state index < -0.39 is 29.7 Å². The maximum atomic E-state index is 9.79. The van der Waals surface area contributed by atoms with E-state index in [4.69, 9.17) is 14.8 Å². The molecule has 0 aliphatic heterocycles. The Balaban J connectivity index is 0. The highest BCUT2D eigenvalue weighted by molar-refractivity contribution is 7.80. The summed E-state index contributed by atoms with van der Waals surface area (Å²) in [5.41, 5.74) is 0. The molecule has 0 saturated heterocycles. The zero-order chi connectivity index (χ0) is 11.8. The fourth-order valence-electron chi connectivity index (χ4n) is 0.217. The number of nitrogens with zero attached hydrogens (tertiary/aromatic N) is 1. The van der Waals surface area contributed by atoms with Gasteiger partial charge < -0.3 is 15.1 Å². The third kappa shape index (κ3) is 22.6. The lowest BCUT2D eigenvalue weighted by Gasteiger charge is -2.03. The molecule has 14 heavy (non-hydrogen) atoms. The highest BCUT2D eigenvalue weighted by atomic mass is 32.3. The smallest absolute Gasteiger partial charge is 0.394 e. The minimum atomic E-state index is -4.50. The third-order valence-electron chi connectivity index (χ3n) is 0.620. The molecule has 0 amide bonds. The van der Waals surface area contributed by atoms with Gasteiger partial charge in [-0.25, -0.2) is 4.18 Å². The van der Waals surface area contributed by atoms with Crippen molar-refractivity contribution in [2.24, 2.45) is 0 Å². The van der Waals surface area contributed by atoms with E-state index >= 15 is 0 Å². The van der Waals surface area contributed by atoms with E-state index in [2.05, 4.69) is 4.18 Å². The molecular weight excluding hydrogens is 214 g/mol. The van der Waals surface area contributed by atoms with Crippen LogP contribution < -0.4 is 0 Å². The topological polar surface area (TPSA) is 107 Å². The second-order valence-electron chi connectivity index (χ2n) is 2.89. The lowest BCUT2D eigenvalue weighted by atomic mass is 10.4. The summed E-state index contributed by atoms with van der Waals surface area (Å²) in [5, 5.41) is 16.6. The fourth-order valence-corrected chi connectivity index (χ4v) is 0.546. The van der Waals surface area contributed by atoms with E-state index in [0.29, 0.717) is 0 Å². The third-order valence-corrected chi connectivity index (χ3v) is 1.05. The van der Waals surface area contributed by atoms with Crippen molar-refractivity contribution < 1.29 is 27.4 Å². The number of hydrogen-bond acceptors (Lipinski definition) is 6. The summed E-state index contributed by atoms with van der Waals surface area (Å²) in [6.07, 6.45) is -1.29. The Hall–Kier alpha value is -0.250. The molecule has 0 aromatic heterocycles. The number of aliphatic hydroxyl groups is 2. The summed E-state index contributed by atoms with van der Waals surface area (Å²) < 4.78 is 31.2. The Morgan fingerprint density at radius 3 is 1.93 bits per heavy atom. The Kier molecular flexibility index (Phi) is 9.36. The van der Waals surface area contributed by atoms with Gasteiger partial charge in [0, 0.05) is 0 Å². The zero-order valence-corrected chi connectivity index (χ0v) is 9.23. The van der Waals surface area contributed by atoms with Crippen molar-refractivity contribution in [1.29, 1.82) is 0 Å². The lowest BCUT2D eigenvalue weighted by Crippen LogP contribution is -2.21. The summed E-state index contributed by atoms with van der Waals surface area (Å²) in [7, 11) is 1.50. The molecule has 0 bridgehead atoms. The van der Waals surface area contributed by atoms with E-state index in [1.807, 2.05) is 26.0 Å². The predicted octanol–water partition coefficient (Wildman–Crippen LogP) is -1.66. The Bertz CT molecular complexity index is 212. The average molecular weight is 231 g/mol. The fraction of sp³-hybridized carbons (Fsp3) is 1.00. The number of hydrogen-bond donors (Lipinski definition) is 3. The monoisotopic (exact) mass is 231 g/mol. The molecule has 7 nitrogen and oxygen atoms in total. The van der Waals surface area contributed by atoms with Gasteiger partial charge >= 0.3 is 10.4 Å². The van der Waals surface area contributed by atoms with Gasteiger partial charge in [0.2, 0.25) is 0 Å². The average Bonchev–Trinajstić information content (AvgIpc) is 1.97. The number of aliphatic hydroxyl groups excluding tert-OH is 2. The quantitative estimate of drug-likeness (QED) is 0.497. The first-order valence-electron chi connectivity index (χ1n) is 3.70. The van der Waals surface area contributed by atoms with Crippen LogP contribution in [0.3, 0.4) is 0 Å². The summed E-state index contributed by atoms with van der Waals surface area (Å²) in [6.45, 7) is -1.26. The summed E-state index contributed by atoms with van der Waals surface area (Å²) >= 11 is 0. The molecule has 1 atom stereocenters. The zero-order valence-electron chi connectivity index (χ0n) is 8.41. The van der Waals surface area contributed by atoms with Crippen LogP contribution in [0.25, 0.3) is 0 Å². The second-order valence-corrected chi connectivity index (χ2v) is 3.98. The standard InChI is InChI=1S/C3H9N.C3H8O6S/c1-4(2)3;4-1-3(5)2-9-10(6,7)8/h1-3H3;3-5H,1-2H2,(H,6,7,8). The molecule has 0 spiro atoms. The van der Waals surface area contributed by atoms with Crippen LogP contribution in [0, 0.1) is 0 Å². The van der Waals surface area contributed by atoms with E-state index in [-0.39, 0.29) is 0 Å². The molecule has 8 heteroatoms. The molecule has 0 fully saturated rings. The minimum absolute atomic E-state index is 0.616. The van der Waals surface area contributed by atoms with Gasteiger partial charge in [-0.15, -0.1) is 0 Å². The largest absolute Gasteiger partial charge is 0.397 e. The molecule has 1 unspecified atom stereocenters. The van der Waals surface area contributed by atoms with Crippen LogP contribution in [0.2, 0.25) is 0 Å². The van der Waals surface area contributed by atoms with Crippen LogP contribution in [0.1, 0.15) is 0 Å². The first kappa shape index (κ1) is 16.2. The van der Waals surface area contributed by atoms with Crippen molar-refractivity contribution >= 4 is 10.4 Å². The predicted molar refractivity (Wildman–Crippen MR) is 50.2 cm³/mol. The van der Waals surface area contributed by atoms with Crippen LogP contribution in [-0.4, -0.2) is 68.5 Å². The lowest BCUT2D eigenvalue weighted by molar-refractivity contribution is 0.0517. The highest BCUT2D eigenvalue weighted by Gasteiger charge is 2.08. The number of rotatable bonds is 4. The van der Waals surface area contributed by atoms with Crippen LogP contribution in [0.15, 0.2) is 0 Å². The maximum Gasteiger partial charge on any atom is 0.397 e. The molecule has 0 aromatic carbocycles. The molecular formula is C6H17NO6S. The highest BCUT2D eigenvalue weighted by Crippen LogP contribution is 1.89. The van der Waals surface area contributed by atoms with Crippen molar-refractivity contribution in [3.05, 3.63) is 0 Å². The van der Waals surface area contributed by atoms with Gasteiger partial charge in [-0.3, -0.25) is 4.55 Å². The molecule has 0 aliphatic rings. The van der Waals surface area contributed by atoms with Crippen molar-refractivity contribution in [3.8, 4) is 0 Å². The molecule has 0 rings (SSSR count). The summed E-state index contributed by atoms with van der Waals surface area (Å²) in [4.78, 5) is 2.00. The molecule has 88 valence electrons. The van der Waals surface area contributed by atoms with Crippen molar-refractivity contribution in [2.75, 3.05) is 34.4 Å². The van der Waals surface area contributed by atoms with Gasteiger partial charge in [0.15, 0.2) is 0 Å². The summed E-state index contributed by atoms with van der Waals surface area (Å²) in [6, 6.07) is 0. The van der Waals surface area contributed by atoms with Gasteiger partial charge in [-0.2, -0.15) is 8.42 Å². The molecule has 0 aliphatic carbocycles. The Labute approximate surface area is 83.9 Å². The minimum Gasteiger partial charge on any atom is -0.394 e. The van der Waals surface area contributed by atoms with Gasteiger partial charge in [0.05, 0.1) is 13.2 Å². The summed E-state index contributed by atoms with van der Waals surface area (Å²) in [5.74, 6) is 0. The van der Waals surface area contributed by atoms with Crippen LogP contribution >= 0.6 is 0 Å². The Morgan fingerprint density at radius 2 is 1.71 bits per heavy atom. The van der Waals surface area contributed by atoms with E-state index in [1.165, 1.54) is 0 Å². The van der Waals surface area contributed by atoms with Gasteiger partial charge in [0.1, 0.15) is 6.10 Å². The molecule has 0 radical (unpaired) electrons. The van der Waals surface area contributed by atoms with E-state index in [1.54, 1.807) is 0 Å². The van der Waals surface area contributed by atoms with Gasteiger partial charge in [-0.1, -0.05) is 0 Å². The SMILES string of the molecule is CN(C)C.O=S(=O)(O)OCC(O)CO. The van der Waals surface area contributed by atoms with Crippen molar-refractivity contribution in [1.82, 2.24) is 4.90 Å². The molecule has 0 aromatic rings.